The van der Waals surface area contributed by atoms with Crippen LogP contribution in [0.1, 0.15) is 17.3 Å². The molecule has 0 saturated heterocycles. The highest BCUT2D eigenvalue weighted by Crippen LogP contribution is 2.23. The van der Waals surface area contributed by atoms with Crippen molar-refractivity contribution >= 4 is 26.8 Å². The third-order valence-corrected chi connectivity index (χ3v) is 4.06. The molecule has 0 aliphatic heterocycles. The van der Waals surface area contributed by atoms with E-state index in [4.69, 9.17) is 5.73 Å². The number of aromatic nitrogens is 1. The van der Waals surface area contributed by atoms with Crippen LogP contribution < -0.4 is 5.73 Å². The Morgan fingerprint density at radius 1 is 1.10 bits per heavy atom. The van der Waals surface area contributed by atoms with E-state index in [9.17, 15) is 4.39 Å². The zero-order valence-electron chi connectivity index (χ0n) is 11.3. The number of halogens is 2. The average Bonchev–Trinajstić information content (AvgIpc) is 2.50. The number of benzene rings is 2. The molecule has 106 valence electrons. The number of para-hydroxylation sites is 1. The molecule has 0 radical (unpaired) electrons. The van der Waals surface area contributed by atoms with Crippen molar-refractivity contribution in [3.8, 4) is 0 Å². The fourth-order valence-electron chi connectivity index (χ4n) is 2.31. The molecule has 3 aromatic rings. The van der Waals surface area contributed by atoms with Crippen molar-refractivity contribution in [2.45, 2.75) is 12.5 Å². The molecule has 21 heavy (non-hydrogen) atoms. The number of rotatable bonds is 3. The van der Waals surface area contributed by atoms with Crippen molar-refractivity contribution in [1.29, 1.82) is 0 Å². The van der Waals surface area contributed by atoms with Gasteiger partial charge in [-0.3, -0.25) is 4.98 Å². The first-order valence-corrected chi connectivity index (χ1v) is 7.48. The molecule has 2 N–H and O–H groups in total. The Labute approximate surface area is 130 Å². The Morgan fingerprint density at radius 3 is 2.71 bits per heavy atom. The molecular formula is C17H14BrFN2. The monoisotopic (exact) mass is 344 g/mol. The van der Waals surface area contributed by atoms with Crippen molar-refractivity contribution in [3.63, 3.8) is 0 Å². The van der Waals surface area contributed by atoms with Gasteiger partial charge in [0.2, 0.25) is 0 Å². The first-order valence-electron chi connectivity index (χ1n) is 6.69. The van der Waals surface area contributed by atoms with Crippen molar-refractivity contribution in [2.75, 3.05) is 0 Å². The van der Waals surface area contributed by atoms with Crippen molar-refractivity contribution < 1.29 is 4.39 Å². The predicted octanol–water partition coefficient (Wildman–Crippen LogP) is 4.38. The molecule has 0 aliphatic carbocycles. The van der Waals surface area contributed by atoms with Gasteiger partial charge in [-0.25, -0.2) is 4.39 Å². The third-order valence-electron chi connectivity index (χ3n) is 3.46. The van der Waals surface area contributed by atoms with E-state index in [2.05, 4.69) is 20.9 Å². The molecule has 1 heterocycles. The second kappa shape index (κ2) is 5.92. The molecule has 0 amide bonds. The number of nitrogens with zero attached hydrogens (tertiary/aromatic N) is 1. The zero-order chi connectivity index (χ0) is 14.8. The van der Waals surface area contributed by atoms with Crippen molar-refractivity contribution in [2.24, 2.45) is 5.73 Å². The number of nitrogens with two attached hydrogens (primary N) is 1. The summed E-state index contributed by atoms with van der Waals surface area (Å²) >= 11 is 3.19. The molecule has 0 fully saturated rings. The van der Waals surface area contributed by atoms with Gasteiger partial charge in [0.25, 0.3) is 0 Å². The second-order valence-electron chi connectivity index (χ2n) is 4.98. The minimum absolute atomic E-state index is 0.212. The topological polar surface area (TPSA) is 38.9 Å². The van der Waals surface area contributed by atoms with Gasteiger partial charge >= 0.3 is 0 Å². The highest BCUT2D eigenvalue weighted by molar-refractivity contribution is 9.10. The standard InChI is InChI=1S/C17H14BrFN2/c18-14-9-12(6-8-15(14)19)16(20)10-13-7-5-11-3-1-2-4-17(11)21-13/h1-9,16H,10,20H2. The average molecular weight is 345 g/mol. The van der Waals surface area contributed by atoms with Gasteiger partial charge in [0, 0.05) is 23.5 Å². The van der Waals surface area contributed by atoms with Crippen LogP contribution >= 0.6 is 15.9 Å². The number of pyridine rings is 1. The zero-order valence-corrected chi connectivity index (χ0v) is 12.8. The second-order valence-corrected chi connectivity index (χ2v) is 5.83. The molecule has 2 nitrogen and oxygen atoms in total. The maximum atomic E-state index is 13.3. The molecule has 4 heteroatoms. The number of hydrogen-bond acceptors (Lipinski definition) is 2. The van der Waals surface area contributed by atoms with Crippen LogP contribution in [0.2, 0.25) is 0 Å². The predicted molar refractivity (Wildman–Crippen MR) is 86.5 cm³/mol. The first-order chi connectivity index (χ1) is 10.1. The number of fused-ring (bicyclic) bond motifs is 1. The van der Waals surface area contributed by atoms with Crippen LogP contribution in [0.15, 0.2) is 59.1 Å². The molecule has 2 aromatic carbocycles. The van der Waals surface area contributed by atoms with Crippen molar-refractivity contribution in [3.05, 3.63) is 76.1 Å². The van der Waals surface area contributed by atoms with Gasteiger partial charge in [-0.2, -0.15) is 0 Å². The normalized spacial score (nSPS) is 12.5. The van der Waals surface area contributed by atoms with Gasteiger partial charge in [-0.15, -0.1) is 0 Å². The molecule has 0 bridgehead atoms. The fraction of sp³-hybridized carbons (Fsp3) is 0.118. The van der Waals surface area contributed by atoms with E-state index in [0.29, 0.717) is 10.9 Å². The lowest BCUT2D eigenvalue weighted by molar-refractivity contribution is 0.617. The van der Waals surface area contributed by atoms with E-state index < -0.39 is 0 Å². The maximum absolute atomic E-state index is 13.3. The minimum Gasteiger partial charge on any atom is -0.324 e. The van der Waals surface area contributed by atoms with Crippen LogP contribution in [0.25, 0.3) is 10.9 Å². The molecule has 1 aromatic heterocycles. The lowest BCUT2D eigenvalue weighted by atomic mass is 10.0. The molecule has 0 saturated carbocycles. The fourth-order valence-corrected chi connectivity index (χ4v) is 2.70. The lowest BCUT2D eigenvalue weighted by Gasteiger charge is -2.12. The molecule has 1 atom stereocenters. The SMILES string of the molecule is NC(Cc1ccc2ccccc2n1)c1ccc(F)c(Br)c1. The van der Waals surface area contributed by atoms with E-state index in [0.717, 1.165) is 22.2 Å². The van der Waals surface area contributed by atoms with Gasteiger partial charge in [0.1, 0.15) is 5.82 Å². The molecule has 3 rings (SSSR count). The molecule has 1 unspecified atom stereocenters. The minimum atomic E-state index is -0.283. The summed E-state index contributed by atoms with van der Waals surface area (Å²) in [6, 6.07) is 16.7. The maximum Gasteiger partial charge on any atom is 0.137 e. The smallest absolute Gasteiger partial charge is 0.137 e. The van der Waals surface area contributed by atoms with Crippen LogP contribution in [0.3, 0.4) is 0 Å². The van der Waals surface area contributed by atoms with Gasteiger partial charge in [-0.1, -0.05) is 30.3 Å². The third kappa shape index (κ3) is 3.12. The summed E-state index contributed by atoms with van der Waals surface area (Å²) < 4.78 is 13.7. The quantitative estimate of drug-likeness (QED) is 0.765. The molecular weight excluding hydrogens is 331 g/mol. The Balaban J connectivity index is 1.85. The highest BCUT2D eigenvalue weighted by Gasteiger charge is 2.10. The summed E-state index contributed by atoms with van der Waals surface area (Å²) in [5.41, 5.74) is 8.99. The summed E-state index contributed by atoms with van der Waals surface area (Å²) in [6.45, 7) is 0. The summed E-state index contributed by atoms with van der Waals surface area (Å²) in [7, 11) is 0. The van der Waals surface area contributed by atoms with E-state index in [1.54, 1.807) is 12.1 Å². The van der Waals surface area contributed by atoms with Crippen LogP contribution in [0.5, 0.6) is 0 Å². The van der Waals surface area contributed by atoms with Crippen LogP contribution in [-0.2, 0) is 6.42 Å². The first kappa shape index (κ1) is 14.2. The van der Waals surface area contributed by atoms with Gasteiger partial charge in [0.15, 0.2) is 0 Å². The Hall–Kier alpha value is -1.78. The highest BCUT2D eigenvalue weighted by atomic mass is 79.9. The van der Waals surface area contributed by atoms with Crippen LogP contribution in [0, 0.1) is 5.82 Å². The number of hydrogen-bond donors (Lipinski definition) is 1. The van der Waals surface area contributed by atoms with Gasteiger partial charge in [-0.05, 0) is 45.8 Å². The van der Waals surface area contributed by atoms with Gasteiger partial charge in [0.05, 0.1) is 9.99 Å². The summed E-state index contributed by atoms with van der Waals surface area (Å²) in [6.07, 6.45) is 0.614. The Morgan fingerprint density at radius 2 is 1.90 bits per heavy atom. The summed E-state index contributed by atoms with van der Waals surface area (Å²) in [4.78, 5) is 4.61. The van der Waals surface area contributed by atoms with E-state index >= 15 is 0 Å². The van der Waals surface area contributed by atoms with E-state index in [-0.39, 0.29) is 11.9 Å². The molecule has 0 aliphatic rings. The summed E-state index contributed by atoms with van der Waals surface area (Å²) in [5.74, 6) is -0.283. The summed E-state index contributed by atoms with van der Waals surface area (Å²) in [5, 5.41) is 1.11. The van der Waals surface area contributed by atoms with Crippen LogP contribution in [-0.4, -0.2) is 4.98 Å². The van der Waals surface area contributed by atoms with Crippen molar-refractivity contribution in [1.82, 2.24) is 4.98 Å². The van der Waals surface area contributed by atoms with Gasteiger partial charge < -0.3 is 5.73 Å². The van der Waals surface area contributed by atoms with Crippen LogP contribution in [0.4, 0.5) is 4.39 Å². The lowest BCUT2D eigenvalue weighted by Crippen LogP contribution is -2.14. The Kier molecular flexibility index (Phi) is 3.99. The largest absolute Gasteiger partial charge is 0.324 e. The Bertz CT molecular complexity index is 789. The molecule has 0 spiro atoms. The van der Waals surface area contributed by atoms with E-state index in [1.807, 2.05) is 36.4 Å². The van der Waals surface area contributed by atoms with E-state index in [1.165, 1.54) is 6.07 Å².